The molecule has 5 heterocycles. The van der Waals surface area contributed by atoms with Crippen molar-refractivity contribution in [3.63, 3.8) is 0 Å². The number of likely N-dealkylation sites (tertiary alicyclic amines) is 2. The van der Waals surface area contributed by atoms with Crippen molar-refractivity contribution in [3.8, 4) is 16.2 Å². The Labute approximate surface area is 441 Å². The molecule has 4 fully saturated rings. The molecule has 1 aliphatic carbocycles. The Morgan fingerprint density at radius 1 is 1.00 bits per heavy atom. The fraction of sp³-hybridized carbons (Fsp3) is 0.566. The fourth-order valence-electron chi connectivity index (χ4n) is 9.50. The molecule has 4 amide bonds. The van der Waals surface area contributed by atoms with Crippen LogP contribution in [0.5, 0.6) is 5.75 Å². The first kappa shape index (κ1) is 54.3. The number of β-amino-alcohol motifs (C(OH)–C–C–N with tert-alkyl or cyclic N) is 1. The van der Waals surface area contributed by atoms with Crippen LogP contribution >= 0.6 is 34.7 Å². The molecule has 16 nitrogen and oxygen atoms in total. The highest BCUT2D eigenvalue weighted by atomic mass is 35.5. The van der Waals surface area contributed by atoms with Crippen molar-refractivity contribution in [3.05, 3.63) is 70.6 Å². The summed E-state index contributed by atoms with van der Waals surface area (Å²) in [5, 5.41) is 20.5. The topological polar surface area (TPSA) is 208 Å². The van der Waals surface area contributed by atoms with Gasteiger partial charge in [0.1, 0.15) is 28.7 Å². The number of piperidine rings is 1. The summed E-state index contributed by atoms with van der Waals surface area (Å²) in [7, 11) is 0. The lowest BCUT2D eigenvalue weighted by molar-refractivity contribution is -0.145. The number of aliphatic hydroxyl groups is 1. The maximum atomic E-state index is 14.7. The number of anilines is 2. The maximum Gasteiger partial charge on any atom is 0.258 e. The number of hydrogen-bond acceptors (Lipinski definition) is 14. The summed E-state index contributed by atoms with van der Waals surface area (Å²) in [6.07, 6.45) is 8.68. The maximum absolute atomic E-state index is 14.7. The molecule has 1 saturated carbocycles. The van der Waals surface area contributed by atoms with Crippen LogP contribution in [0.3, 0.4) is 0 Å². The number of benzene rings is 2. The van der Waals surface area contributed by atoms with Crippen LogP contribution in [-0.2, 0) is 25.7 Å². The highest BCUT2D eigenvalue weighted by molar-refractivity contribution is 7.99. The van der Waals surface area contributed by atoms with Crippen molar-refractivity contribution in [2.45, 2.75) is 133 Å². The van der Waals surface area contributed by atoms with E-state index in [4.69, 9.17) is 22.1 Å². The van der Waals surface area contributed by atoms with Gasteiger partial charge in [0.2, 0.25) is 17.7 Å². The summed E-state index contributed by atoms with van der Waals surface area (Å²) in [6.45, 7) is 14.8. The minimum atomic E-state index is -1.97. The van der Waals surface area contributed by atoms with E-state index >= 15 is 0 Å². The Hall–Kier alpha value is -4.92. The third-order valence-corrected chi connectivity index (χ3v) is 17.1. The quantitative estimate of drug-likeness (QED) is 0.0517. The molecule has 394 valence electrons. The number of aromatic nitrogens is 3. The summed E-state index contributed by atoms with van der Waals surface area (Å²) < 4.78 is 21.1. The van der Waals surface area contributed by atoms with Crippen LogP contribution in [0, 0.1) is 23.7 Å². The molecule has 3 aliphatic heterocycles. The molecule has 0 radical (unpaired) electrons. The van der Waals surface area contributed by atoms with Crippen molar-refractivity contribution in [1.29, 1.82) is 0 Å². The third-order valence-electron chi connectivity index (χ3n) is 14.7. The Morgan fingerprint density at radius 3 is 2.42 bits per heavy atom. The average molecular weight is 1060 g/mol. The molecule has 2 aromatic heterocycles. The molecule has 73 heavy (non-hydrogen) atoms. The molecule has 0 spiro atoms. The van der Waals surface area contributed by atoms with Gasteiger partial charge in [0.15, 0.2) is 5.67 Å². The van der Waals surface area contributed by atoms with Gasteiger partial charge in [-0.1, -0.05) is 82.1 Å². The van der Waals surface area contributed by atoms with Crippen LogP contribution in [0.2, 0.25) is 5.02 Å². The Bertz CT molecular complexity index is 2600. The van der Waals surface area contributed by atoms with Crippen molar-refractivity contribution >= 4 is 69.8 Å². The summed E-state index contributed by atoms with van der Waals surface area (Å²) in [4.78, 5) is 75.1. The SMILES string of the molecule is Cc1ncsc1-c1ccc(CNC(=O)C2CC(O)CN2C(=O)[C@@H](NC(=O)C2(F)CC2)C(C)(C)C)c(OCCCCCCN2CC(C(=O)Nc3cccc(Sc4cnc(N5CCC(C)(CN)CC5)cn4)c3Cl)C2)c1. The molecule has 6 N–H and O–H groups in total. The molecular weight excluding hydrogens is 991 g/mol. The van der Waals surface area contributed by atoms with Gasteiger partial charge in [0, 0.05) is 56.1 Å². The van der Waals surface area contributed by atoms with Gasteiger partial charge in [-0.15, -0.1) is 11.3 Å². The molecule has 0 bridgehead atoms. The second kappa shape index (κ2) is 23.3. The van der Waals surface area contributed by atoms with Crippen LogP contribution in [0.4, 0.5) is 15.9 Å². The number of nitrogens with two attached hydrogens (primary N) is 1. The number of thiazole rings is 1. The summed E-state index contributed by atoms with van der Waals surface area (Å²) in [5.41, 5.74) is 8.40. The van der Waals surface area contributed by atoms with Crippen LogP contribution in [-0.4, -0.2) is 130 Å². The molecule has 2 aromatic carbocycles. The van der Waals surface area contributed by atoms with Crippen molar-refractivity contribution < 1.29 is 33.4 Å². The average Bonchev–Trinajstić information content (AvgIpc) is 3.76. The zero-order valence-corrected chi connectivity index (χ0v) is 44.9. The number of aliphatic hydroxyl groups excluding tert-OH is 1. The van der Waals surface area contributed by atoms with Gasteiger partial charge < -0.3 is 46.2 Å². The number of rotatable bonds is 21. The van der Waals surface area contributed by atoms with E-state index in [2.05, 4.69) is 47.6 Å². The van der Waals surface area contributed by atoms with Gasteiger partial charge in [-0.25, -0.2) is 19.3 Å². The smallest absolute Gasteiger partial charge is 0.258 e. The first-order valence-corrected chi connectivity index (χ1v) is 27.6. The predicted molar refractivity (Wildman–Crippen MR) is 283 cm³/mol. The minimum absolute atomic E-state index is 0.0315. The number of carbonyl (C=O) groups is 4. The monoisotopic (exact) mass is 1060 g/mol. The molecule has 2 unspecified atom stereocenters. The normalized spacial score (nSPS) is 20.0. The van der Waals surface area contributed by atoms with Crippen molar-refractivity contribution in [2.24, 2.45) is 22.5 Å². The molecule has 8 rings (SSSR count). The number of alkyl halides is 1. The summed E-state index contributed by atoms with van der Waals surface area (Å²) >= 11 is 9.77. The molecule has 3 atom stereocenters. The molecule has 4 aromatic rings. The number of halogens is 2. The van der Waals surface area contributed by atoms with E-state index in [1.165, 1.54) is 28.0 Å². The highest BCUT2D eigenvalue weighted by Gasteiger charge is 2.53. The number of amides is 4. The molecule has 20 heteroatoms. The van der Waals surface area contributed by atoms with E-state index in [1.54, 1.807) is 32.5 Å². The Morgan fingerprint density at radius 2 is 1.75 bits per heavy atom. The number of hydrogen-bond donors (Lipinski definition) is 5. The van der Waals surface area contributed by atoms with E-state index in [9.17, 15) is 28.7 Å². The lowest BCUT2D eigenvalue weighted by Crippen LogP contribution is -2.59. The number of nitrogens with one attached hydrogen (secondary N) is 3. The van der Waals surface area contributed by atoms with Crippen molar-refractivity contribution in [2.75, 3.05) is 62.6 Å². The first-order valence-electron chi connectivity index (χ1n) is 25.5. The zero-order chi connectivity index (χ0) is 52.1. The second-order valence-electron chi connectivity index (χ2n) is 21.6. The molecule has 3 saturated heterocycles. The second-order valence-corrected chi connectivity index (χ2v) is 23.9. The van der Waals surface area contributed by atoms with Crippen LogP contribution in [0.1, 0.15) is 96.7 Å². The standard InChI is InChI=1S/C53H70ClFN10O6S2/c1-33-45(72-32-60-33)34-13-14-35(25-59-48(68)39-24-37(66)30-65(39)49(69)46(51(2,3)4)62-50(70)53(55)15-16-53)40(23-34)71-22-9-7-6-8-19-63-28-36(29-63)47(67)61-38-11-10-12-41(44(38)54)73-43-27-57-42(26-58-43)64-20-17-52(5,31-56)18-21-64/h10-14,23,26-27,32,36-37,39,46,66H,6-9,15-22,24-25,28-31,56H2,1-5H3,(H,59,68)(H,61,67)(H,62,70)/t37?,39?,46-/m1/s1. The van der Waals surface area contributed by atoms with E-state index < -0.39 is 47.0 Å². The van der Waals surface area contributed by atoms with E-state index in [0.29, 0.717) is 42.7 Å². The number of ether oxygens (including phenoxy) is 1. The Kier molecular flexibility index (Phi) is 17.4. The van der Waals surface area contributed by atoms with E-state index in [0.717, 1.165) is 95.6 Å². The van der Waals surface area contributed by atoms with Crippen LogP contribution < -0.4 is 31.3 Å². The zero-order valence-electron chi connectivity index (χ0n) is 42.6. The van der Waals surface area contributed by atoms with Gasteiger partial charge in [0.05, 0.1) is 57.8 Å². The highest BCUT2D eigenvalue weighted by Crippen LogP contribution is 2.41. The molecular formula is C53H70ClFN10O6S2. The number of unbranched alkanes of at least 4 members (excludes halogenated alkanes) is 3. The number of nitrogens with zero attached hydrogens (tertiary/aromatic N) is 6. The summed E-state index contributed by atoms with van der Waals surface area (Å²) in [5.74, 6) is -0.494. The summed E-state index contributed by atoms with van der Waals surface area (Å²) in [6, 6.07) is 9.40. The number of aryl methyl sites for hydroxylation is 1. The lowest BCUT2D eigenvalue weighted by Gasteiger charge is -2.39. The van der Waals surface area contributed by atoms with Gasteiger partial charge in [-0.3, -0.25) is 19.2 Å². The van der Waals surface area contributed by atoms with E-state index in [-0.39, 0.29) is 49.6 Å². The predicted octanol–water partition coefficient (Wildman–Crippen LogP) is 7.40. The fourth-order valence-corrected chi connectivity index (χ4v) is 11.4. The van der Waals surface area contributed by atoms with E-state index in [1.807, 2.05) is 49.5 Å². The third kappa shape index (κ3) is 13.5. The van der Waals surface area contributed by atoms with Crippen LogP contribution in [0.15, 0.2) is 64.2 Å². The van der Waals surface area contributed by atoms with Gasteiger partial charge in [0.25, 0.3) is 5.91 Å². The first-order chi connectivity index (χ1) is 34.8. The van der Waals surface area contributed by atoms with Crippen LogP contribution in [0.25, 0.3) is 10.4 Å². The van der Waals surface area contributed by atoms with Crippen molar-refractivity contribution in [1.82, 2.24) is 35.4 Å². The number of carbonyl (C=O) groups excluding carboxylic acids is 4. The Balaban J connectivity index is 0.768. The van der Waals surface area contributed by atoms with Gasteiger partial charge >= 0.3 is 0 Å². The molecule has 4 aliphatic rings. The largest absolute Gasteiger partial charge is 0.493 e. The van der Waals surface area contributed by atoms with Gasteiger partial charge in [-0.05, 0) is 93.1 Å². The minimum Gasteiger partial charge on any atom is -0.493 e. The van der Waals surface area contributed by atoms with Gasteiger partial charge in [-0.2, -0.15) is 0 Å². The lowest BCUT2D eigenvalue weighted by atomic mass is 9.80.